The lowest BCUT2D eigenvalue weighted by molar-refractivity contribution is -0.140. The van der Waals surface area contributed by atoms with Gasteiger partial charge in [0.1, 0.15) is 5.75 Å². The molecule has 0 aromatic heterocycles. The van der Waals surface area contributed by atoms with Crippen molar-refractivity contribution in [3.05, 3.63) is 24.3 Å². The van der Waals surface area contributed by atoms with Gasteiger partial charge in [0.15, 0.2) is 5.96 Å². The Kier molecular flexibility index (Phi) is 10.9. The van der Waals surface area contributed by atoms with E-state index in [2.05, 4.69) is 31.3 Å². The first-order chi connectivity index (χ1) is 12.7. The molecule has 7 nitrogen and oxygen atoms in total. The summed E-state index contributed by atoms with van der Waals surface area (Å²) in [6.07, 6.45) is 3.21. The number of ether oxygens (including phenoxy) is 2. The molecule has 2 rings (SSSR count). The van der Waals surface area contributed by atoms with Crippen LogP contribution in [0.1, 0.15) is 25.7 Å². The van der Waals surface area contributed by atoms with Gasteiger partial charge in [-0.1, -0.05) is 12.1 Å². The van der Waals surface area contributed by atoms with E-state index in [-0.39, 0.29) is 29.9 Å². The molecule has 1 aliphatic heterocycles. The number of aliphatic imine (C=N–C) groups is 1. The number of hydrogen-bond donors (Lipinski definition) is 2. The summed E-state index contributed by atoms with van der Waals surface area (Å²) >= 11 is 0. The summed E-state index contributed by atoms with van der Waals surface area (Å²) in [7, 11) is 4.90. The first-order valence-corrected chi connectivity index (χ1v) is 9.10. The Labute approximate surface area is 178 Å². The van der Waals surface area contributed by atoms with Crippen molar-refractivity contribution in [1.82, 2.24) is 10.6 Å². The monoisotopic (exact) mass is 490 g/mol. The fourth-order valence-corrected chi connectivity index (χ4v) is 3.08. The Morgan fingerprint density at radius 2 is 2.07 bits per heavy atom. The number of anilines is 1. The quantitative estimate of drug-likeness (QED) is 0.192. The van der Waals surface area contributed by atoms with Crippen LogP contribution in [-0.2, 0) is 9.53 Å². The molecule has 27 heavy (non-hydrogen) atoms. The first-order valence-electron chi connectivity index (χ1n) is 9.10. The third-order valence-electron chi connectivity index (χ3n) is 4.51. The Morgan fingerprint density at radius 1 is 1.30 bits per heavy atom. The highest BCUT2D eigenvalue weighted by Gasteiger charge is 2.25. The van der Waals surface area contributed by atoms with E-state index in [9.17, 15) is 4.79 Å². The van der Waals surface area contributed by atoms with Crippen LogP contribution < -0.4 is 20.3 Å². The molecule has 0 saturated carbocycles. The van der Waals surface area contributed by atoms with Crippen LogP contribution in [-0.4, -0.2) is 58.9 Å². The molecule has 152 valence electrons. The highest BCUT2D eigenvalue weighted by molar-refractivity contribution is 14.0. The zero-order valence-electron chi connectivity index (χ0n) is 16.4. The van der Waals surface area contributed by atoms with E-state index in [0.717, 1.165) is 56.3 Å². The van der Waals surface area contributed by atoms with Gasteiger partial charge in [-0.3, -0.25) is 9.79 Å². The number of guanidine groups is 1. The van der Waals surface area contributed by atoms with Crippen LogP contribution in [0.2, 0.25) is 0 Å². The summed E-state index contributed by atoms with van der Waals surface area (Å²) in [4.78, 5) is 17.7. The van der Waals surface area contributed by atoms with E-state index < -0.39 is 0 Å². The number of esters is 1. The van der Waals surface area contributed by atoms with Crippen molar-refractivity contribution in [2.45, 2.75) is 31.7 Å². The van der Waals surface area contributed by atoms with E-state index in [4.69, 9.17) is 4.74 Å². The van der Waals surface area contributed by atoms with Crippen LogP contribution >= 0.6 is 24.0 Å². The van der Waals surface area contributed by atoms with Gasteiger partial charge >= 0.3 is 5.97 Å². The van der Waals surface area contributed by atoms with Gasteiger partial charge in [0.2, 0.25) is 0 Å². The smallest absolute Gasteiger partial charge is 0.305 e. The molecule has 0 radical (unpaired) electrons. The summed E-state index contributed by atoms with van der Waals surface area (Å²) in [6.45, 7) is 2.66. The summed E-state index contributed by atoms with van der Waals surface area (Å²) in [5.74, 6) is 1.55. The minimum Gasteiger partial charge on any atom is -0.495 e. The number of halogens is 1. The number of carbonyl (C=O) groups is 1. The maximum atomic E-state index is 11.1. The number of unbranched alkanes of at least 4 members (excludes halogenated alkanes) is 1. The second kappa shape index (κ2) is 12.6. The minimum absolute atomic E-state index is 0. The number of para-hydroxylation sites is 2. The number of nitrogens with one attached hydrogen (secondary N) is 2. The van der Waals surface area contributed by atoms with Gasteiger partial charge in [0.25, 0.3) is 0 Å². The zero-order chi connectivity index (χ0) is 18.8. The Morgan fingerprint density at radius 3 is 2.78 bits per heavy atom. The summed E-state index contributed by atoms with van der Waals surface area (Å²) in [5, 5.41) is 6.79. The molecule has 1 aromatic carbocycles. The topological polar surface area (TPSA) is 75.2 Å². The molecule has 1 aliphatic rings. The Balaban J connectivity index is 0.00000364. The van der Waals surface area contributed by atoms with Crippen molar-refractivity contribution >= 4 is 41.6 Å². The lowest BCUT2D eigenvalue weighted by Gasteiger charge is -2.22. The molecule has 1 unspecified atom stereocenters. The molecule has 1 fully saturated rings. The molecule has 1 atom stereocenters. The van der Waals surface area contributed by atoms with Crippen LogP contribution in [0.3, 0.4) is 0 Å². The number of nitrogens with zero attached hydrogens (tertiary/aromatic N) is 2. The van der Waals surface area contributed by atoms with E-state index in [1.54, 1.807) is 14.2 Å². The highest BCUT2D eigenvalue weighted by Crippen LogP contribution is 2.30. The molecular weight excluding hydrogens is 459 g/mol. The fraction of sp³-hybridized carbons (Fsp3) is 0.579. The number of rotatable bonds is 8. The molecule has 1 aromatic rings. The largest absolute Gasteiger partial charge is 0.495 e. The van der Waals surface area contributed by atoms with Crippen molar-refractivity contribution in [3.8, 4) is 5.75 Å². The van der Waals surface area contributed by atoms with Crippen LogP contribution in [0.15, 0.2) is 29.3 Å². The minimum atomic E-state index is -0.158. The molecule has 0 bridgehead atoms. The normalized spacial score (nSPS) is 16.5. The lowest BCUT2D eigenvalue weighted by Crippen LogP contribution is -2.44. The standard InChI is InChI=1S/C19H30N4O3.HI/c1-20-19(21-12-7-6-10-18(24)26-3)22-15-11-13-23(14-15)16-8-4-5-9-17(16)25-2;/h4-5,8-9,15H,6-7,10-14H2,1-3H3,(H2,20,21,22);1H. The van der Waals surface area contributed by atoms with Crippen molar-refractivity contribution in [2.75, 3.05) is 45.8 Å². The molecule has 0 spiro atoms. The molecule has 2 N–H and O–H groups in total. The second-order valence-electron chi connectivity index (χ2n) is 6.28. The van der Waals surface area contributed by atoms with Gasteiger partial charge < -0.3 is 25.0 Å². The number of benzene rings is 1. The number of carbonyl (C=O) groups excluding carboxylic acids is 1. The summed E-state index contributed by atoms with van der Waals surface area (Å²) in [5.41, 5.74) is 1.13. The van der Waals surface area contributed by atoms with Crippen molar-refractivity contribution in [3.63, 3.8) is 0 Å². The average molecular weight is 490 g/mol. The van der Waals surface area contributed by atoms with Crippen molar-refractivity contribution in [2.24, 2.45) is 4.99 Å². The Hall–Kier alpha value is -1.71. The third-order valence-corrected chi connectivity index (χ3v) is 4.51. The van der Waals surface area contributed by atoms with Crippen molar-refractivity contribution < 1.29 is 14.3 Å². The maximum Gasteiger partial charge on any atom is 0.305 e. The van der Waals surface area contributed by atoms with Crippen LogP contribution in [0.4, 0.5) is 5.69 Å². The molecule has 8 heteroatoms. The van der Waals surface area contributed by atoms with E-state index in [1.807, 2.05) is 18.2 Å². The molecular formula is C19H31IN4O3. The summed E-state index contributed by atoms with van der Waals surface area (Å²) < 4.78 is 10.1. The predicted molar refractivity (Wildman–Crippen MR) is 119 cm³/mol. The Bertz CT molecular complexity index is 612. The van der Waals surface area contributed by atoms with Gasteiger partial charge in [0, 0.05) is 39.1 Å². The highest BCUT2D eigenvalue weighted by atomic mass is 127. The fourth-order valence-electron chi connectivity index (χ4n) is 3.08. The molecule has 0 aliphatic carbocycles. The predicted octanol–water partition coefficient (Wildman–Crippen LogP) is 2.40. The van der Waals surface area contributed by atoms with Crippen LogP contribution in [0.5, 0.6) is 5.75 Å². The van der Waals surface area contributed by atoms with E-state index >= 15 is 0 Å². The molecule has 1 heterocycles. The van der Waals surface area contributed by atoms with Gasteiger partial charge in [-0.25, -0.2) is 0 Å². The van der Waals surface area contributed by atoms with Crippen molar-refractivity contribution in [1.29, 1.82) is 0 Å². The SMILES string of the molecule is CN=C(NCCCCC(=O)OC)NC1CCN(c2ccccc2OC)C1.I. The van der Waals surface area contributed by atoms with Gasteiger partial charge in [-0.2, -0.15) is 0 Å². The molecule has 1 saturated heterocycles. The average Bonchev–Trinajstić information content (AvgIpc) is 3.14. The van der Waals surface area contributed by atoms with E-state index in [1.165, 1.54) is 7.11 Å². The number of hydrogen-bond acceptors (Lipinski definition) is 5. The zero-order valence-corrected chi connectivity index (χ0v) is 18.7. The van der Waals surface area contributed by atoms with Crippen LogP contribution in [0, 0.1) is 0 Å². The van der Waals surface area contributed by atoms with Gasteiger partial charge in [-0.15, -0.1) is 24.0 Å². The van der Waals surface area contributed by atoms with Crippen LogP contribution in [0.25, 0.3) is 0 Å². The van der Waals surface area contributed by atoms with E-state index in [0.29, 0.717) is 12.5 Å². The molecule has 0 amide bonds. The van der Waals surface area contributed by atoms with Gasteiger partial charge in [0.05, 0.1) is 19.9 Å². The maximum absolute atomic E-state index is 11.1. The third kappa shape index (κ3) is 7.43. The number of methoxy groups -OCH3 is 2. The lowest BCUT2D eigenvalue weighted by atomic mass is 10.2. The second-order valence-corrected chi connectivity index (χ2v) is 6.28. The van der Waals surface area contributed by atoms with Gasteiger partial charge in [-0.05, 0) is 31.4 Å². The first kappa shape index (κ1) is 23.3. The summed E-state index contributed by atoms with van der Waals surface area (Å²) in [6, 6.07) is 8.44.